The average Bonchev–Trinajstić information content (AvgIpc) is 2.69. The number of nitrogens with one attached hydrogen (secondary N) is 2. The van der Waals surface area contributed by atoms with Crippen LogP contribution in [-0.4, -0.2) is 49.4 Å². The summed E-state index contributed by atoms with van der Waals surface area (Å²) in [5, 5.41) is 3.37. The summed E-state index contributed by atoms with van der Waals surface area (Å²) in [5.41, 5.74) is 1.38. The van der Waals surface area contributed by atoms with Crippen LogP contribution in [-0.2, 0) is 9.59 Å². The molecule has 0 aromatic heterocycles. The number of hydrogen-bond donors (Lipinski definition) is 2. The third kappa shape index (κ3) is 5.65. The Kier molecular flexibility index (Phi) is 6.79. The van der Waals surface area contributed by atoms with Gasteiger partial charge >= 0.3 is 0 Å². The highest BCUT2D eigenvalue weighted by Crippen LogP contribution is 2.16. The molecule has 28 heavy (non-hydrogen) atoms. The molecule has 1 aliphatic heterocycles. The molecule has 2 amide bonds. The molecule has 2 N–H and O–H groups in total. The summed E-state index contributed by atoms with van der Waals surface area (Å²) < 4.78 is 12.9. The van der Waals surface area contributed by atoms with Crippen molar-refractivity contribution in [1.82, 2.24) is 4.90 Å². The Labute approximate surface area is 168 Å². The van der Waals surface area contributed by atoms with Crippen molar-refractivity contribution >= 4 is 35.2 Å². The molecule has 0 aliphatic carbocycles. The quantitative estimate of drug-likeness (QED) is 0.750. The maximum atomic E-state index is 12.9. The van der Waals surface area contributed by atoms with Crippen LogP contribution >= 0.6 is 11.6 Å². The Balaban J connectivity index is 1.45. The Morgan fingerprint density at radius 2 is 1.79 bits per heavy atom. The number of halogens is 2. The maximum absolute atomic E-state index is 12.9. The standard InChI is InChI=1S/C21H21ClFN3O2/c22-19-4-2-1-3-16(19)5-10-21(28)26-13-11-25(12-14-26)15-20(27)24-18-8-6-17(23)7-9-18/h1-10H,11-15H2,(H,24,27)/p+1/b10-5+. The number of carbonyl (C=O) groups excluding carboxylic acids is 2. The number of amides is 2. The van der Waals surface area contributed by atoms with Gasteiger partial charge in [0.15, 0.2) is 6.54 Å². The smallest absolute Gasteiger partial charge is 0.279 e. The zero-order chi connectivity index (χ0) is 19.9. The van der Waals surface area contributed by atoms with E-state index in [1.54, 1.807) is 17.0 Å². The van der Waals surface area contributed by atoms with E-state index in [1.165, 1.54) is 30.3 Å². The predicted molar refractivity (Wildman–Crippen MR) is 108 cm³/mol. The lowest BCUT2D eigenvalue weighted by atomic mass is 10.2. The fourth-order valence-electron chi connectivity index (χ4n) is 3.06. The monoisotopic (exact) mass is 402 g/mol. The van der Waals surface area contributed by atoms with E-state index in [2.05, 4.69) is 5.32 Å². The second-order valence-electron chi connectivity index (χ2n) is 6.66. The zero-order valence-electron chi connectivity index (χ0n) is 15.3. The van der Waals surface area contributed by atoms with Gasteiger partial charge < -0.3 is 15.1 Å². The fraction of sp³-hybridized carbons (Fsp3) is 0.238. The van der Waals surface area contributed by atoms with E-state index in [-0.39, 0.29) is 17.6 Å². The van der Waals surface area contributed by atoms with Crippen LogP contribution in [0.1, 0.15) is 5.56 Å². The van der Waals surface area contributed by atoms with Crippen LogP contribution in [0.5, 0.6) is 0 Å². The molecule has 2 aromatic carbocycles. The third-order valence-electron chi connectivity index (χ3n) is 4.63. The van der Waals surface area contributed by atoms with Gasteiger partial charge in [0.25, 0.3) is 5.91 Å². The van der Waals surface area contributed by atoms with Crippen molar-refractivity contribution in [2.24, 2.45) is 0 Å². The zero-order valence-corrected chi connectivity index (χ0v) is 16.1. The number of anilines is 1. The van der Waals surface area contributed by atoms with E-state index in [0.29, 0.717) is 43.4 Å². The minimum Gasteiger partial charge on any atom is -0.328 e. The summed E-state index contributed by atoms with van der Waals surface area (Å²) in [7, 11) is 0. The van der Waals surface area contributed by atoms with E-state index in [1.807, 2.05) is 18.2 Å². The molecule has 1 aliphatic rings. The lowest BCUT2D eigenvalue weighted by Gasteiger charge is -2.31. The van der Waals surface area contributed by atoms with Crippen LogP contribution in [0.3, 0.4) is 0 Å². The summed E-state index contributed by atoms with van der Waals surface area (Å²) in [6, 6.07) is 13.0. The van der Waals surface area contributed by atoms with Crippen molar-refractivity contribution < 1.29 is 18.9 Å². The highest BCUT2D eigenvalue weighted by molar-refractivity contribution is 6.32. The highest BCUT2D eigenvalue weighted by Gasteiger charge is 2.24. The molecule has 146 valence electrons. The normalized spacial score (nSPS) is 15.0. The molecule has 5 nitrogen and oxygen atoms in total. The largest absolute Gasteiger partial charge is 0.328 e. The highest BCUT2D eigenvalue weighted by atomic mass is 35.5. The van der Waals surface area contributed by atoms with E-state index in [4.69, 9.17) is 11.6 Å². The molecule has 1 fully saturated rings. The number of nitrogens with zero attached hydrogens (tertiary/aromatic N) is 1. The van der Waals surface area contributed by atoms with Crippen molar-refractivity contribution in [3.8, 4) is 0 Å². The SMILES string of the molecule is O=C(C[NH+]1CCN(C(=O)/C=C/c2ccccc2Cl)CC1)Nc1ccc(F)cc1. The van der Waals surface area contributed by atoms with Gasteiger partial charge in [0.05, 0.1) is 26.2 Å². The predicted octanol–water partition coefficient (Wildman–Crippen LogP) is 1.86. The Morgan fingerprint density at radius 1 is 1.11 bits per heavy atom. The fourth-order valence-corrected chi connectivity index (χ4v) is 3.26. The van der Waals surface area contributed by atoms with Gasteiger partial charge in [-0.1, -0.05) is 29.8 Å². The molecule has 7 heteroatoms. The van der Waals surface area contributed by atoms with Gasteiger partial charge in [0.2, 0.25) is 5.91 Å². The minimum absolute atomic E-state index is 0.0604. The molecule has 0 radical (unpaired) electrons. The lowest BCUT2D eigenvalue weighted by Crippen LogP contribution is -3.15. The first kappa shape index (κ1) is 20.0. The Morgan fingerprint density at radius 3 is 2.46 bits per heavy atom. The first-order chi connectivity index (χ1) is 13.5. The van der Waals surface area contributed by atoms with Gasteiger partial charge in [-0.15, -0.1) is 0 Å². The summed E-state index contributed by atoms with van der Waals surface area (Å²) >= 11 is 6.09. The van der Waals surface area contributed by atoms with E-state index < -0.39 is 0 Å². The average molecular weight is 403 g/mol. The van der Waals surface area contributed by atoms with Gasteiger partial charge in [-0.3, -0.25) is 9.59 Å². The second kappa shape index (κ2) is 9.48. The molecule has 0 bridgehead atoms. The van der Waals surface area contributed by atoms with E-state index in [0.717, 1.165) is 10.5 Å². The van der Waals surface area contributed by atoms with Crippen molar-refractivity contribution in [2.45, 2.75) is 0 Å². The number of rotatable bonds is 5. The molecule has 1 saturated heterocycles. The molecule has 1 heterocycles. The Hall–Kier alpha value is -2.70. The van der Waals surface area contributed by atoms with E-state index >= 15 is 0 Å². The minimum atomic E-state index is -0.340. The molecule has 0 unspecified atom stereocenters. The number of hydrogen-bond acceptors (Lipinski definition) is 2. The van der Waals surface area contributed by atoms with Gasteiger partial charge in [-0.05, 0) is 42.0 Å². The van der Waals surface area contributed by atoms with Crippen LogP contribution in [0.4, 0.5) is 10.1 Å². The molecular formula is C21H22ClFN3O2+. The van der Waals surface area contributed by atoms with Crippen molar-refractivity contribution in [3.05, 3.63) is 71.0 Å². The van der Waals surface area contributed by atoms with Crippen LogP contribution in [0.2, 0.25) is 5.02 Å². The van der Waals surface area contributed by atoms with Gasteiger partial charge in [-0.2, -0.15) is 0 Å². The second-order valence-corrected chi connectivity index (χ2v) is 7.07. The molecule has 0 atom stereocenters. The summed E-state index contributed by atoms with van der Waals surface area (Å²) in [6.45, 7) is 2.88. The summed E-state index contributed by atoms with van der Waals surface area (Å²) in [5.74, 6) is -0.525. The summed E-state index contributed by atoms with van der Waals surface area (Å²) in [4.78, 5) is 27.4. The van der Waals surface area contributed by atoms with E-state index in [9.17, 15) is 14.0 Å². The topological polar surface area (TPSA) is 53.9 Å². The van der Waals surface area contributed by atoms with Gasteiger partial charge in [-0.25, -0.2) is 4.39 Å². The van der Waals surface area contributed by atoms with Gasteiger partial charge in [0, 0.05) is 16.8 Å². The first-order valence-corrected chi connectivity index (χ1v) is 9.49. The third-order valence-corrected chi connectivity index (χ3v) is 4.98. The number of benzene rings is 2. The molecule has 0 spiro atoms. The first-order valence-electron chi connectivity index (χ1n) is 9.12. The number of piperazine rings is 1. The molecule has 3 rings (SSSR count). The van der Waals surface area contributed by atoms with Crippen molar-refractivity contribution in [1.29, 1.82) is 0 Å². The number of carbonyl (C=O) groups is 2. The van der Waals surface area contributed by atoms with Crippen LogP contribution in [0, 0.1) is 5.82 Å². The Bertz CT molecular complexity index is 862. The van der Waals surface area contributed by atoms with Crippen molar-refractivity contribution in [2.75, 3.05) is 38.0 Å². The summed E-state index contributed by atoms with van der Waals surface area (Å²) in [6.07, 6.45) is 3.26. The van der Waals surface area contributed by atoms with Crippen LogP contribution in [0.15, 0.2) is 54.6 Å². The van der Waals surface area contributed by atoms with Crippen LogP contribution in [0.25, 0.3) is 6.08 Å². The lowest BCUT2D eigenvalue weighted by molar-refractivity contribution is -0.895. The number of quaternary nitrogens is 1. The molecule has 2 aromatic rings. The molecular weight excluding hydrogens is 381 g/mol. The van der Waals surface area contributed by atoms with Gasteiger partial charge in [0.1, 0.15) is 5.82 Å². The maximum Gasteiger partial charge on any atom is 0.279 e. The van der Waals surface area contributed by atoms with Crippen LogP contribution < -0.4 is 10.2 Å². The molecule has 0 saturated carbocycles. The van der Waals surface area contributed by atoms with Crippen molar-refractivity contribution in [3.63, 3.8) is 0 Å².